The number of rotatable bonds is 22. The molecule has 2 heterocycles. The van der Waals surface area contributed by atoms with Gasteiger partial charge in [0, 0.05) is 0 Å². The van der Waals surface area contributed by atoms with E-state index in [1.165, 1.54) is 12.1 Å². The number of hydrogen-bond donors (Lipinski definition) is 2. The second kappa shape index (κ2) is 26.6. The summed E-state index contributed by atoms with van der Waals surface area (Å²) >= 11 is 12.0. The highest BCUT2D eigenvalue weighted by molar-refractivity contribution is 6.99. The fourth-order valence-corrected chi connectivity index (χ4v) is 21.1. The van der Waals surface area contributed by atoms with Gasteiger partial charge in [0.05, 0.1) is 24.2 Å². The van der Waals surface area contributed by atoms with Crippen molar-refractivity contribution in [3.8, 4) is 11.5 Å². The van der Waals surface area contributed by atoms with E-state index in [0.717, 1.165) is 10.4 Å². The zero-order valence-electron chi connectivity index (χ0n) is 45.0. The first kappa shape index (κ1) is 61.7. The Morgan fingerprint density at radius 1 is 0.701 bits per heavy atom. The van der Waals surface area contributed by atoms with Gasteiger partial charge in [0.15, 0.2) is 18.5 Å². The number of amides is 1. The van der Waals surface area contributed by atoms with E-state index in [2.05, 4.69) is 0 Å². The number of hydrogen-bond acceptors (Lipinski definition) is 13. The first-order chi connectivity index (χ1) is 36.4. The minimum absolute atomic E-state index is 0.0578. The summed E-state index contributed by atoms with van der Waals surface area (Å²) in [6, 6.07) is 31.5. The van der Waals surface area contributed by atoms with Gasteiger partial charge in [-0.2, -0.15) is 13.2 Å². The smallest absolute Gasteiger partial charge is 0.471 e. The molecule has 0 bridgehead atoms. The third-order valence-corrected chi connectivity index (χ3v) is 25.7. The van der Waals surface area contributed by atoms with Crippen LogP contribution in [0.1, 0.15) is 79.6 Å². The summed E-state index contributed by atoms with van der Waals surface area (Å²) < 4.78 is 103. The zero-order valence-corrected chi connectivity index (χ0v) is 48.6. The predicted octanol–water partition coefficient (Wildman–Crippen LogP) is 9.46. The third-order valence-electron chi connectivity index (χ3n) is 14.2. The van der Waals surface area contributed by atoms with Gasteiger partial charge in [0.1, 0.15) is 54.4 Å². The maximum absolute atomic E-state index is 14.5. The normalized spacial score (nSPS) is 24.4. The fraction of sp³-hybridized carbons (Fsp3) is 0.518. The van der Waals surface area contributed by atoms with Crippen molar-refractivity contribution in [3.63, 3.8) is 0 Å². The molecule has 1 amide bonds. The molecule has 2 N–H and O–H groups in total. The van der Waals surface area contributed by atoms with Crippen LogP contribution in [-0.4, -0.2) is 132 Å². The Kier molecular flexibility index (Phi) is 21.3. The average Bonchev–Trinajstić information content (AvgIpc) is 3.38. The summed E-state index contributed by atoms with van der Waals surface area (Å²) in [5, 5.41) is 15.8. The number of nitrogens with one attached hydrogen (secondary N) is 1. The minimum Gasteiger partial charge on any atom is -0.492 e. The van der Waals surface area contributed by atoms with Crippen molar-refractivity contribution in [1.29, 1.82) is 0 Å². The standard InChI is InChI=1S/C56H72Cl2F3NO13Si2/c1-34(2)76(35(3)4,36(5)6)75-50-46(64)47(73-51(65)38-20-14-11-15-21-38)37(7)69-53(50)74-48-43(33-68-77(55(8,9)10,41-22-16-12-17-23-41)42-24-18-13-19-25-42)71-52(70-40-28-26-39(27-29-40)67-31-30-57)45(49(48)72-44(63)32-58)62-54(66)56(59,60)61/h11-29,34-37,43,45-50,52-53,64H,30-33H2,1-10H3,(H,62,66)/t37-,43+,45+,46+,47+,48+,49+,50-,52+,53+/m0/s1. The lowest BCUT2D eigenvalue weighted by Crippen LogP contribution is -2.72. The highest BCUT2D eigenvalue weighted by atomic mass is 35.5. The number of carbonyl (C=O) groups excluding carboxylic acids is 3. The lowest BCUT2D eigenvalue weighted by molar-refractivity contribution is -0.337. The molecule has 6 rings (SSSR count). The van der Waals surface area contributed by atoms with Crippen LogP contribution >= 0.6 is 23.2 Å². The molecule has 21 heteroatoms. The number of esters is 2. The maximum Gasteiger partial charge on any atom is 0.471 e. The molecule has 0 spiro atoms. The van der Waals surface area contributed by atoms with Crippen molar-refractivity contribution < 1.29 is 74.7 Å². The number of ether oxygens (including phenoxy) is 7. The summed E-state index contributed by atoms with van der Waals surface area (Å²) in [5.41, 5.74) is -0.0268. The number of carbonyl (C=O) groups is 3. The number of halogens is 5. The summed E-state index contributed by atoms with van der Waals surface area (Å²) in [7, 11) is -6.58. The van der Waals surface area contributed by atoms with Crippen molar-refractivity contribution in [2.75, 3.05) is 25.0 Å². The van der Waals surface area contributed by atoms with Gasteiger partial charge in [0.2, 0.25) is 14.6 Å². The van der Waals surface area contributed by atoms with Crippen LogP contribution in [0, 0.1) is 0 Å². The fourth-order valence-electron chi connectivity index (χ4n) is 10.8. The van der Waals surface area contributed by atoms with Crippen LogP contribution in [0.2, 0.25) is 21.7 Å². The summed E-state index contributed by atoms with van der Waals surface area (Å²) in [4.78, 5) is 40.6. The Morgan fingerprint density at radius 2 is 1.23 bits per heavy atom. The molecule has 0 saturated carbocycles. The number of benzene rings is 4. The topological polar surface area (TPSA) is 167 Å². The van der Waals surface area contributed by atoms with Gasteiger partial charge >= 0.3 is 24.0 Å². The molecule has 422 valence electrons. The highest BCUT2D eigenvalue weighted by Crippen LogP contribution is 2.46. The molecule has 4 aromatic rings. The SMILES string of the molecule is CC(C)[Si](O[C@@H]1[C@@H](O[C@H]2[C@H](OC(=O)CCl)[C@@H](NC(=O)C(F)(F)F)[C@H](Oc3ccc(OCCCl)cc3)O[C@@H]2CO[Si](c2ccccc2)(c2ccccc2)C(C)(C)C)O[C@@H](C)[C@@H](OC(=O)c2ccccc2)[C@H]1O)(C(C)C)C(C)C. The van der Waals surface area contributed by atoms with Crippen molar-refractivity contribution in [2.45, 2.75) is 158 Å². The molecule has 14 nitrogen and oxygen atoms in total. The van der Waals surface area contributed by atoms with Gasteiger partial charge in [-0.3, -0.25) is 9.59 Å². The average molecular weight is 1150 g/mol. The van der Waals surface area contributed by atoms with Crippen molar-refractivity contribution >= 4 is 68.1 Å². The van der Waals surface area contributed by atoms with E-state index >= 15 is 0 Å². The van der Waals surface area contributed by atoms with Gasteiger partial charge in [-0.25, -0.2) is 4.79 Å². The van der Waals surface area contributed by atoms with Gasteiger partial charge < -0.3 is 52.4 Å². The van der Waals surface area contributed by atoms with Crippen LogP contribution in [-0.2, 0) is 42.1 Å². The second-order valence-electron chi connectivity index (χ2n) is 21.2. The van der Waals surface area contributed by atoms with E-state index in [-0.39, 0.29) is 40.4 Å². The predicted molar refractivity (Wildman–Crippen MR) is 291 cm³/mol. The largest absolute Gasteiger partial charge is 0.492 e. The van der Waals surface area contributed by atoms with Crippen LogP contribution in [0.4, 0.5) is 13.2 Å². The van der Waals surface area contributed by atoms with E-state index in [4.69, 9.17) is 65.2 Å². The van der Waals surface area contributed by atoms with E-state index < -0.39 is 120 Å². The molecule has 0 unspecified atom stereocenters. The van der Waals surface area contributed by atoms with Gasteiger partial charge in [0.25, 0.3) is 8.32 Å². The molecule has 0 radical (unpaired) electrons. The van der Waals surface area contributed by atoms with E-state index in [1.807, 2.05) is 128 Å². The van der Waals surface area contributed by atoms with Gasteiger partial charge in [-0.05, 0) is 75.4 Å². The molecule has 2 aliphatic rings. The zero-order chi connectivity index (χ0) is 56.5. The minimum atomic E-state index is -5.46. The number of alkyl halides is 5. The molecule has 2 aliphatic heterocycles. The molecular formula is C56H72Cl2F3NO13Si2. The molecule has 2 fully saturated rings. The van der Waals surface area contributed by atoms with Gasteiger partial charge in [-0.1, -0.05) is 141 Å². The van der Waals surface area contributed by atoms with Crippen LogP contribution in [0.5, 0.6) is 11.5 Å². The third kappa shape index (κ3) is 14.3. The Bertz CT molecular complexity index is 2450. The quantitative estimate of drug-likeness (QED) is 0.0435. The Hall–Kier alpha value is -4.55. The van der Waals surface area contributed by atoms with Crippen molar-refractivity contribution in [1.82, 2.24) is 5.32 Å². The molecular weight excluding hydrogens is 1080 g/mol. The maximum atomic E-state index is 14.5. The number of aliphatic hydroxyl groups is 1. The molecule has 2 saturated heterocycles. The molecule has 0 aromatic heterocycles. The lowest BCUT2D eigenvalue weighted by atomic mass is 9.95. The van der Waals surface area contributed by atoms with Gasteiger partial charge in [-0.15, -0.1) is 23.2 Å². The first-order valence-corrected chi connectivity index (χ1v) is 30.9. The molecule has 0 aliphatic carbocycles. The Labute approximate surface area is 461 Å². The molecule has 77 heavy (non-hydrogen) atoms. The van der Waals surface area contributed by atoms with Crippen LogP contribution in [0.3, 0.4) is 0 Å². The highest BCUT2D eigenvalue weighted by Gasteiger charge is 2.59. The van der Waals surface area contributed by atoms with E-state index in [0.29, 0.717) is 5.75 Å². The van der Waals surface area contributed by atoms with E-state index in [1.54, 1.807) is 49.4 Å². The van der Waals surface area contributed by atoms with Crippen molar-refractivity contribution in [3.05, 3.63) is 121 Å². The Morgan fingerprint density at radius 3 is 1.73 bits per heavy atom. The van der Waals surface area contributed by atoms with Crippen molar-refractivity contribution in [2.24, 2.45) is 0 Å². The molecule has 4 aromatic carbocycles. The summed E-state index contributed by atoms with van der Waals surface area (Å²) in [5.74, 6) is -4.38. The van der Waals surface area contributed by atoms with Crippen LogP contribution in [0.25, 0.3) is 0 Å². The first-order valence-electron chi connectivity index (χ1n) is 25.8. The second-order valence-corrected chi connectivity index (χ2v) is 31.5. The van der Waals surface area contributed by atoms with E-state index in [9.17, 15) is 32.7 Å². The summed E-state index contributed by atoms with van der Waals surface area (Å²) in [6.45, 7) is 19.6. The number of aliphatic hydroxyl groups excluding tert-OH is 1. The van der Waals surface area contributed by atoms with Crippen LogP contribution < -0.4 is 25.2 Å². The van der Waals surface area contributed by atoms with Crippen LogP contribution in [0.15, 0.2) is 115 Å². The Balaban J connectivity index is 1.56. The lowest BCUT2D eigenvalue weighted by Gasteiger charge is -2.52. The monoisotopic (exact) mass is 1150 g/mol. The summed E-state index contributed by atoms with van der Waals surface area (Å²) in [6.07, 6.45) is -19.6. The molecule has 10 atom stereocenters.